The second kappa shape index (κ2) is 6.23. The zero-order valence-corrected chi connectivity index (χ0v) is 13.3. The van der Waals surface area contributed by atoms with Crippen molar-refractivity contribution in [2.75, 3.05) is 7.11 Å². The lowest BCUT2D eigenvalue weighted by molar-refractivity contribution is 0.0364. The molecule has 0 N–H and O–H groups in total. The summed E-state index contributed by atoms with van der Waals surface area (Å²) in [6, 6.07) is 0. The predicted molar refractivity (Wildman–Crippen MR) is 85.4 cm³/mol. The van der Waals surface area contributed by atoms with Crippen LogP contribution in [0, 0.1) is 5.41 Å². The van der Waals surface area contributed by atoms with Gasteiger partial charge in [0, 0.05) is 11.6 Å². The van der Waals surface area contributed by atoms with E-state index >= 15 is 0 Å². The highest BCUT2D eigenvalue weighted by Gasteiger charge is 2.37. The molecule has 104 valence electrons. The number of ether oxygens (including phenoxy) is 1. The van der Waals surface area contributed by atoms with E-state index in [1.165, 1.54) is 24.8 Å². The maximum absolute atomic E-state index is 5.50. The third-order valence-corrected chi connectivity index (χ3v) is 5.12. The van der Waals surface area contributed by atoms with Crippen molar-refractivity contribution < 1.29 is 4.74 Å². The van der Waals surface area contributed by atoms with Crippen LogP contribution in [-0.2, 0) is 4.74 Å². The number of methoxy groups -OCH3 is 1. The molecule has 0 aromatic carbocycles. The molecule has 0 radical (unpaired) electrons. The van der Waals surface area contributed by atoms with Crippen LogP contribution in [0.1, 0.15) is 38.5 Å². The minimum atomic E-state index is 0.227. The first-order valence-electron chi connectivity index (χ1n) is 7.02. The van der Waals surface area contributed by atoms with Gasteiger partial charge in [0.15, 0.2) is 0 Å². The Kier molecular flexibility index (Phi) is 4.86. The van der Waals surface area contributed by atoms with Crippen LogP contribution in [0.2, 0.25) is 0 Å². The second-order valence-corrected chi connectivity index (χ2v) is 6.61. The van der Waals surface area contributed by atoms with Crippen molar-refractivity contribution in [2.45, 2.75) is 44.6 Å². The maximum Gasteiger partial charge on any atom is 0.0572 e. The van der Waals surface area contributed by atoms with E-state index in [1.54, 1.807) is 0 Å². The molecule has 2 rings (SSSR count). The van der Waals surface area contributed by atoms with Gasteiger partial charge in [0.25, 0.3) is 0 Å². The van der Waals surface area contributed by atoms with Gasteiger partial charge in [-0.15, -0.1) is 0 Å². The normalized spacial score (nSPS) is 37.2. The summed E-state index contributed by atoms with van der Waals surface area (Å²) < 4.78 is 6.58. The van der Waals surface area contributed by atoms with Crippen LogP contribution < -0.4 is 0 Å². The highest BCUT2D eigenvalue weighted by atomic mass is 79.9. The summed E-state index contributed by atoms with van der Waals surface area (Å²) in [5, 5.41) is 0. The number of hydrogen-bond acceptors (Lipinski definition) is 1. The average Bonchev–Trinajstić information content (AvgIpc) is 2.46. The molecule has 1 fully saturated rings. The van der Waals surface area contributed by atoms with Crippen molar-refractivity contribution in [3.63, 3.8) is 0 Å². The number of halogens is 1. The van der Waals surface area contributed by atoms with Gasteiger partial charge in [0.1, 0.15) is 0 Å². The van der Waals surface area contributed by atoms with Crippen LogP contribution >= 0.6 is 15.9 Å². The fourth-order valence-electron chi connectivity index (χ4n) is 3.28. The van der Waals surface area contributed by atoms with Gasteiger partial charge in [-0.1, -0.05) is 41.2 Å². The average molecular weight is 323 g/mol. The molecule has 1 spiro atoms. The molecule has 2 heteroatoms. The van der Waals surface area contributed by atoms with Crippen LogP contribution in [0.25, 0.3) is 0 Å². The molecule has 19 heavy (non-hydrogen) atoms. The van der Waals surface area contributed by atoms with Gasteiger partial charge in [0.2, 0.25) is 0 Å². The maximum atomic E-state index is 5.50. The summed E-state index contributed by atoms with van der Waals surface area (Å²) in [7, 11) is 1.82. The molecule has 2 aliphatic rings. The third kappa shape index (κ3) is 3.29. The monoisotopic (exact) mass is 322 g/mol. The number of allylic oxidation sites excluding steroid dienone is 6. The predicted octanol–water partition coefficient (Wildman–Crippen LogP) is 5.30. The summed E-state index contributed by atoms with van der Waals surface area (Å²) in [5.74, 6) is 0. The van der Waals surface area contributed by atoms with Gasteiger partial charge in [-0.3, -0.25) is 0 Å². The molecule has 0 atom stereocenters. The lowest BCUT2D eigenvalue weighted by Crippen LogP contribution is -2.32. The lowest BCUT2D eigenvalue weighted by atomic mass is 9.64. The van der Waals surface area contributed by atoms with Crippen molar-refractivity contribution in [1.29, 1.82) is 0 Å². The van der Waals surface area contributed by atoms with Gasteiger partial charge in [-0.2, -0.15) is 0 Å². The quantitative estimate of drug-likeness (QED) is 0.636. The molecule has 1 saturated carbocycles. The Labute approximate surface area is 125 Å². The summed E-state index contributed by atoms with van der Waals surface area (Å²) in [6.45, 7) is 8.57. The molecule has 0 aromatic heterocycles. The molecule has 0 bridgehead atoms. The van der Waals surface area contributed by atoms with Gasteiger partial charge in [0.05, 0.1) is 6.10 Å². The molecule has 0 amide bonds. The highest BCUT2D eigenvalue weighted by Crippen LogP contribution is 2.49. The van der Waals surface area contributed by atoms with Gasteiger partial charge in [-0.05, 0) is 61.2 Å². The van der Waals surface area contributed by atoms with E-state index in [2.05, 4.69) is 47.3 Å². The molecule has 0 aromatic rings. The van der Waals surface area contributed by atoms with Crippen LogP contribution in [-0.4, -0.2) is 13.2 Å². The van der Waals surface area contributed by atoms with Crippen molar-refractivity contribution in [3.8, 4) is 0 Å². The number of hydrogen-bond donors (Lipinski definition) is 0. The van der Waals surface area contributed by atoms with Crippen molar-refractivity contribution in [3.05, 3.63) is 47.0 Å². The minimum Gasteiger partial charge on any atom is -0.381 e. The van der Waals surface area contributed by atoms with Crippen molar-refractivity contribution in [2.24, 2.45) is 5.41 Å². The SMILES string of the molecule is C=C1/C=C(Br)\C=C/CCC2(CCC(OC)CC2)C1=C. The molecular formula is C17H23BrO. The number of rotatable bonds is 1. The standard InChI is InChI=1S/C17H23BrO/c1-13-12-15(18)6-4-5-9-17(14(13)2)10-7-16(19-3)8-11-17/h4,6,12,16H,1-2,5,7-11H2,3H3/b6-4-,15-12+. The van der Waals surface area contributed by atoms with Crippen molar-refractivity contribution in [1.82, 2.24) is 0 Å². The van der Waals surface area contributed by atoms with Gasteiger partial charge >= 0.3 is 0 Å². The molecule has 0 unspecified atom stereocenters. The van der Waals surface area contributed by atoms with Crippen LogP contribution in [0.3, 0.4) is 0 Å². The Bertz CT molecular complexity index is 423. The minimum absolute atomic E-state index is 0.227. The van der Waals surface area contributed by atoms with E-state index in [0.717, 1.165) is 29.3 Å². The van der Waals surface area contributed by atoms with E-state index in [0.29, 0.717) is 6.10 Å². The molecule has 1 nitrogen and oxygen atoms in total. The van der Waals surface area contributed by atoms with E-state index in [9.17, 15) is 0 Å². The lowest BCUT2D eigenvalue weighted by Gasteiger charge is -2.41. The summed E-state index contributed by atoms with van der Waals surface area (Å²) in [4.78, 5) is 0. The Morgan fingerprint density at radius 2 is 1.95 bits per heavy atom. The van der Waals surface area contributed by atoms with Crippen LogP contribution in [0.5, 0.6) is 0 Å². The summed E-state index contributed by atoms with van der Waals surface area (Å²) in [6.07, 6.45) is 13.8. The first-order chi connectivity index (χ1) is 9.07. The molecule has 2 aliphatic carbocycles. The Morgan fingerprint density at radius 1 is 1.26 bits per heavy atom. The van der Waals surface area contributed by atoms with Crippen LogP contribution in [0.4, 0.5) is 0 Å². The topological polar surface area (TPSA) is 9.23 Å². The first kappa shape index (κ1) is 14.8. The van der Waals surface area contributed by atoms with Crippen LogP contribution in [0.15, 0.2) is 47.0 Å². The Morgan fingerprint density at radius 3 is 2.58 bits per heavy atom. The second-order valence-electron chi connectivity index (χ2n) is 5.69. The van der Waals surface area contributed by atoms with Gasteiger partial charge in [-0.25, -0.2) is 0 Å². The summed E-state index contributed by atoms with van der Waals surface area (Å²) >= 11 is 3.56. The van der Waals surface area contributed by atoms with E-state index in [1.807, 2.05) is 7.11 Å². The zero-order chi connectivity index (χ0) is 13.9. The van der Waals surface area contributed by atoms with Crippen molar-refractivity contribution >= 4 is 15.9 Å². The Balaban J connectivity index is 2.22. The van der Waals surface area contributed by atoms with Gasteiger partial charge < -0.3 is 4.74 Å². The third-order valence-electron chi connectivity index (χ3n) is 4.63. The van der Waals surface area contributed by atoms with E-state index in [-0.39, 0.29) is 5.41 Å². The fourth-order valence-corrected chi connectivity index (χ4v) is 3.74. The fraction of sp³-hybridized carbons (Fsp3) is 0.529. The zero-order valence-electron chi connectivity index (χ0n) is 11.8. The molecular weight excluding hydrogens is 300 g/mol. The van der Waals surface area contributed by atoms with E-state index < -0.39 is 0 Å². The first-order valence-corrected chi connectivity index (χ1v) is 7.82. The van der Waals surface area contributed by atoms with E-state index in [4.69, 9.17) is 4.74 Å². The highest BCUT2D eigenvalue weighted by molar-refractivity contribution is 9.11. The Hall–Kier alpha value is -0.600. The molecule has 0 saturated heterocycles. The molecule has 0 aliphatic heterocycles. The summed E-state index contributed by atoms with van der Waals surface area (Å²) in [5.41, 5.74) is 2.52. The largest absolute Gasteiger partial charge is 0.381 e. The smallest absolute Gasteiger partial charge is 0.0572 e. The molecule has 0 heterocycles.